The van der Waals surface area contributed by atoms with Crippen molar-refractivity contribution in [2.24, 2.45) is 11.8 Å². The number of hydrogen-bond acceptors (Lipinski definition) is 1. The Bertz CT molecular complexity index is 426. The topological polar surface area (TPSA) is 20.3 Å². The van der Waals surface area contributed by atoms with Crippen molar-refractivity contribution in [2.75, 3.05) is 6.54 Å². The van der Waals surface area contributed by atoms with Crippen LogP contribution in [0.3, 0.4) is 0 Å². The summed E-state index contributed by atoms with van der Waals surface area (Å²) >= 11 is 0. The molecule has 0 bridgehead atoms. The van der Waals surface area contributed by atoms with Crippen LogP contribution in [-0.4, -0.2) is 23.4 Å². The average Bonchev–Trinajstić information content (AvgIpc) is 2.94. The Kier molecular flexibility index (Phi) is 5.22. The molecule has 2 unspecified atom stereocenters. The lowest BCUT2D eigenvalue weighted by molar-refractivity contribution is -0.137. The average molecular weight is 273 g/mol. The van der Waals surface area contributed by atoms with Crippen molar-refractivity contribution in [3.05, 3.63) is 35.9 Å². The van der Waals surface area contributed by atoms with Gasteiger partial charge in [-0.25, -0.2) is 0 Å². The molecule has 1 aliphatic heterocycles. The second-order valence-corrected chi connectivity index (χ2v) is 6.28. The van der Waals surface area contributed by atoms with Gasteiger partial charge < -0.3 is 4.90 Å². The molecule has 0 aromatic heterocycles. The fourth-order valence-corrected chi connectivity index (χ4v) is 3.30. The van der Waals surface area contributed by atoms with Gasteiger partial charge in [-0.15, -0.1) is 0 Å². The first-order valence-electron chi connectivity index (χ1n) is 7.97. The van der Waals surface area contributed by atoms with Crippen molar-refractivity contribution in [3.63, 3.8) is 0 Å². The van der Waals surface area contributed by atoms with Crippen LogP contribution in [0.25, 0.3) is 0 Å². The third-order valence-electron chi connectivity index (χ3n) is 4.52. The van der Waals surface area contributed by atoms with Crippen molar-refractivity contribution >= 4 is 5.91 Å². The molecule has 0 saturated carbocycles. The third-order valence-corrected chi connectivity index (χ3v) is 4.52. The summed E-state index contributed by atoms with van der Waals surface area (Å²) in [5.41, 5.74) is 1.27. The smallest absolute Gasteiger partial charge is 0.226 e. The Balaban J connectivity index is 2.05. The van der Waals surface area contributed by atoms with Crippen molar-refractivity contribution in [3.8, 4) is 0 Å². The van der Waals surface area contributed by atoms with E-state index in [1.807, 2.05) is 6.07 Å². The fraction of sp³-hybridized carbons (Fsp3) is 0.611. The molecule has 1 fully saturated rings. The zero-order chi connectivity index (χ0) is 14.5. The lowest BCUT2D eigenvalue weighted by atomic mass is 9.94. The summed E-state index contributed by atoms with van der Waals surface area (Å²) in [5.74, 6) is 1.07. The van der Waals surface area contributed by atoms with Gasteiger partial charge in [0.1, 0.15) is 0 Å². The molecule has 0 N–H and O–H groups in total. The first-order chi connectivity index (χ1) is 9.63. The maximum Gasteiger partial charge on any atom is 0.226 e. The molecule has 1 heterocycles. The summed E-state index contributed by atoms with van der Waals surface area (Å²) in [4.78, 5) is 15.0. The van der Waals surface area contributed by atoms with E-state index in [1.165, 1.54) is 12.0 Å². The number of likely N-dealkylation sites (tertiary alicyclic amines) is 1. The Morgan fingerprint density at radius 3 is 2.60 bits per heavy atom. The zero-order valence-electron chi connectivity index (χ0n) is 13.0. The van der Waals surface area contributed by atoms with Crippen LogP contribution in [-0.2, 0) is 11.2 Å². The monoisotopic (exact) mass is 273 g/mol. The number of rotatable bonds is 5. The SMILES string of the molecule is CCC(Cc1ccccc1)C(=O)N1CCCC1C(C)C. The minimum absolute atomic E-state index is 0.136. The lowest BCUT2D eigenvalue weighted by Crippen LogP contribution is -2.42. The van der Waals surface area contributed by atoms with Crippen molar-refractivity contribution < 1.29 is 4.79 Å². The van der Waals surface area contributed by atoms with Crippen LogP contribution in [0.4, 0.5) is 0 Å². The number of amides is 1. The third kappa shape index (κ3) is 3.41. The summed E-state index contributed by atoms with van der Waals surface area (Å²) in [6.45, 7) is 7.54. The summed E-state index contributed by atoms with van der Waals surface area (Å²) in [6, 6.07) is 10.8. The van der Waals surface area contributed by atoms with E-state index >= 15 is 0 Å². The Morgan fingerprint density at radius 1 is 1.30 bits per heavy atom. The van der Waals surface area contributed by atoms with Gasteiger partial charge in [-0.3, -0.25) is 4.79 Å². The molecule has 2 heteroatoms. The van der Waals surface area contributed by atoms with Gasteiger partial charge in [0.25, 0.3) is 0 Å². The predicted molar refractivity (Wildman–Crippen MR) is 83.5 cm³/mol. The highest BCUT2D eigenvalue weighted by Gasteiger charge is 2.33. The van der Waals surface area contributed by atoms with E-state index in [1.54, 1.807) is 0 Å². The van der Waals surface area contributed by atoms with Crippen LogP contribution in [0.15, 0.2) is 30.3 Å². The molecule has 1 saturated heterocycles. The first-order valence-corrected chi connectivity index (χ1v) is 7.97. The second-order valence-electron chi connectivity index (χ2n) is 6.28. The molecular formula is C18H27NO. The molecular weight excluding hydrogens is 246 g/mol. The van der Waals surface area contributed by atoms with Crippen LogP contribution < -0.4 is 0 Å². The second kappa shape index (κ2) is 6.92. The van der Waals surface area contributed by atoms with Gasteiger partial charge in [0.05, 0.1) is 0 Å². The molecule has 2 rings (SSSR count). The maximum atomic E-state index is 12.8. The molecule has 0 radical (unpaired) electrons. The molecule has 1 amide bonds. The van der Waals surface area contributed by atoms with E-state index < -0.39 is 0 Å². The normalized spacial score (nSPS) is 20.4. The van der Waals surface area contributed by atoms with E-state index in [0.717, 1.165) is 25.8 Å². The zero-order valence-corrected chi connectivity index (χ0v) is 13.0. The van der Waals surface area contributed by atoms with E-state index in [0.29, 0.717) is 17.9 Å². The van der Waals surface area contributed by atoms with E-state index in [4.69, 9.17) is 0 Å². The molecule has 110 valence electrons. The maximum absolute atomic E-state index is 12.8. The predicted octanol–water partition coefficient (Wildman–Crippen LogP) is 3.90. The molecule has 1 aromatic rings. The number of carbonyl (C=O) groups excluding carboxylic acids is 1. The number of carbonyl (C=O) groups is 1. The summed E-state index contributed by atoms with van der Waals surface area (Å²) < 4.78 is 0. The molecule has 1 aromatic carbocycles. The molecule has 2 nitrogen and oxygen atoms in total. The number of hydrogen-bond donors (Lipinski definition) is 0. The summed E-state index contributed by atoms with van der Waals surface area (Å²) in [7, 11) is 0. The van der Waals surface area contributed by atoms with Crippen LogP contribution >= 0.6 is 0 Å². The molecule has 2 atom stereocenters. The fourth-order valence-electron chi connectivity index (χ4n) is 3.30. The standard InChI is InChI=1S/C18H27NO/c1-4-16(13-15-9-6-5-7-10-15)18(20)19-12-8-11-17(19)14(2)3/h5-7,9-10,14,16-17H,4,8,11-13H2,1-3H3. The largest absolute Gasteiger partial charge is 0.339 e. The van der Waals surface area contributed by atoms with E-state index in [9.17, 15) is 4.79 Å². The quantitative estimate of drug-likeness (QED) is 0.796. The van der Waals surface area contributed by atoms with Crippen molar-refractivity contribution in [1.29, 1.82) is 0 Å². The highest BCUT2D eigenvalue weighted by Crippen LogP contribution is 2.27. The highest BCUT2D eigenvalue weighted by molar-refractivity contribution is 5.79. The van der Waals surface area contributed by atoms with Gasteiger partial charge in [0.2, 0.25) is 5.91 Å². The van der Waals surface area contributed by atoms with Crippen molar-refractivity contribution in [2.45, 2.75) is 52.5 Å². The van der Waals surface area contributed by atoms with Crippen LogP contribution in [0, 0.1) is 11.8 Å². The molecule has 0 aliphatic carbocycles. The van der Waals surface area contributed by atoms with Gasteiger partial charge in [-0.1, -0.05) is 51.1 Å². The number of benzene rings is 1. The van der Waals surface area contributed by atoms with Gasteiger partial charge in [-0.05, 0) is 37.2 Å². The van der Waals surface area contributed by atoms with E-state index in [-0.39, 0.29) is 5.92 Å². The van der Waals surface area contributed by atoms with Gasteiger partial charge in [0.15, 0.2) is 0 Å². The van der Waals surface area contributed by atoms with Gasteiger partial charge >= 0.3 is 0 Å². The van der Waals surface area contributed by atoms with Crippen LogP contribution in [0.1, 0.15) is 45.6 Å². The van der Waals surface area contributed by atoms with E-state index in [2.05, 4.69) is 49.9 Å². The minimum Gasteiger partial charge on any atom is -0.339 e. The van der Waals surface area contributed by atoms with Gasteiger partial charge in [0, 0.05) is 18.5 Å². The highest BCUT2D eigenvalue weighted by atomic mass is 16.2. The minimum atomic E-state index is 0.136. The summed E-state index contributed by atoms with van der Waals surface area (Å²) in [5, 5.41) is 0. The number of nitrogens with zero attached hydrogens (tertiary/aromatic N) is 1. The summed E-state index contributed by atoms with van der Waals surface area (Å²) in [6.07, 6.45) is 4.13. The van der Waals surface area contributed by atoms with Crippen LogP contribution in [0.5, 0.6) is 0 Å². The lowest BCUT2D eigenvalue weighted by Gasteiger charge is -2.31. The van der Waals surface area contributed by atoms with Crippen molar-refractivity contribution in [1.82, 2.24) is 4.90 Å². The Hall–Kier alpha value is -1.31. The molecule has 0 spiro atoms. The Labute approximate surface area is 123 Å². The Morgan fingerprint density at radius 2 is 2.00 bits per heavy atom. The molecule has 1 aliphatic rings. The van der Waals surface area contributed by atoms with Crippen LogP contribution in [0.2, 0.25) is 0 Å². The van der Waals surface area contributed by atoms with Gasteiger partial charge in [-0.2, -0.15) is 0 Å². The first kappa shape index (κ1) is 15.1. The molecule has 20 heavy (non-hydrogen) atoms.